The van der Waals surface area contributed by atoms with Gasteiger partial charge in [-0.25, -0.2) is 4.79 Å². The van der Waals surface area contributed by atoms with E-state index in [0.29, 0.717) is 67.5 Å². The number of ether oxygens (including phenoxy) is 5. The first-order valence-corrected chi connectivity index (χ1v) is 24.2. The van der Waals surface area contributed by atoms with Crippen molar-refractivity contribution in [1.82, 2.24) is 10.2 Å². The molecule has 66 heavy (non-hydrogen) atoms. The molecule has 8 unspecified atom stereocenters. The molecule has 11 rings (SSSR count). The summed E-state index contributed by atoms with van der Waals surface area (Å²) in [7, 11) is 1.37. The molecule has 9 aliphatic rings. The van der Waals surface area contributed by atoms with Crippen LogP contribution < -0.4 is 19.5 Å². The molecule has 11 nitrogen and oxygen atoms in total. The molecule has 2 aromatic rings. The Bertz CT molecular complexity index is 2590. The molecule has 11 heteroatoms. The van der Waals surface area contributed by atoms with Crippen LogP contribution in [0.25, 0.3) is 11.8 Å². The van der Waals surface area contributed by atoms with E-state index in [2.05, 4.69) is 89.1 Å². The number of carbonyl (C=O) groups excluding carboxylic acids is 3. The highest BCUT2D eigenvalue weighted by atomic mass is 16.6. The molecule has 4 bridgehead atoms. The van der Waals surface area contributed by atoms with Crippen LogP contribution in [0.2, 0.25) is 0 Å². The number of hydrogen-bond donors (Lipinski definition) is 2. The third-order valence-corrected chi connectivity index (χ3v) is 16.4. The van der Waals surface area contributed by atoms with Gasteiger partial charge in [0.25, 0.3) is 0 Å². The van der Waals surface area contributed by atoms with Crippen molar-refractivity contribution in [2.45, 2.75) is 128 Å². The van der Waals surface area contributed by atoms with Crippen molar-refractivity contribution in [2.24, 2.45) is 23.7 Å². The first-order chi connectivity index (χ1) is 31.5. The molecule has 8 atom stereocenters. The maximum absolute atomic E-state index is 16.1. The van der Waals surface area contributed by atoms with E-state index in [-0.39, 0.29) is 30.5 Å². The molecule has 2 aromatic carbocycles. The number of aliphatic hydroxyl groups is 1. The molecule has 2 spiro atoms. The summed E-state index contributed by atoms with van der Waals surface area (Å²) in [5.74, 6) is -0.186. The molecule has 0 amide bonds. The number of allylic oxidation sites excluding steroid dienone is 5. The van der Waals surface area contributed by atoms with Gasteiger partial charge in [0, 0.05) is 77.6 Å². The van der Waals surface area contributed by atoms with Gasteiger partial charge in [-0.05, 0) is 106 Å². The Morgan fingerprint density at radius 2 is 1.74 bits per heavy atom. The zero-order chi connectivity index (χ0) is 46.7. The highest BCUT2D eigenvalue weighted by Gasteiger charge is 2.89. The number of nitrogens with one attached hydrogen (secondary N) is 1. The van der Waals surface area contributed by atoms with Gasteiger partial charge < -0.3 is 39.0 Å². The summed E-state index contributed by atoms with van der Waals surface area (Å²) in [6.07, 6.45) is 14.9. The van der Waals surface area contributed by atoms with E-state index in [4.69, 9.17) is 23.7 Å². The lowest BCUT2D eigenvalue weighted by Gasteiger charge is -2.71. The number of esters is 1. The Labute approximate surface area is 389 Å². The summed E-state index contributed by atoms with van der Waals surface area (Å²) in [6.45, 7) is 18.4. The van der Waals surface area contributed by atoms with Crippen LogP contribution in [-0.2, 0) is 31.0 Å². The maximum Gasteiger partial charge on any atom is 0.333 e. The lowest BCUT2D eigenvalue weighted by atomic mass is 9.38. The Morgan fingerprint density at radius 1 is 0.985 bits per heavy atom. The van der Waals surface area contributed by atoms with Crippen molar-refractivity contribution >= 4 is 29.3 Å². The second kappa shape index (κ2) is 15.8. The molecule has 0 aromatic heterocycles. The van der Waals surface area contributed by atoms with Crippen LogP contribution in [0.15, 0.2) is 70.9 Å². The van der Waals surface area contributed by atoms with Crippen LogP contribution in [0.4, 0.5) is 0 Å². The summed E-state index contributed by atoms with van der Waals surface area (Å²) in [4.78, 5) is 46.9. The molecular weight excluding hydrogens is 833 g/mol. The predicted molar refractivity (Wildman–Crippen MR) is 252 cm³/mol. The molecule has 2 N–H and O–H groups in total. The minimum absolute atomic E-state index is 0.00995. The number of rotatable bonds is 14. The number of hydrogen-bond acceptors (Lipinski definition) is 11. The minimum atomic E-state index is -1.51. The van der Waals surface area contributed by atoms with Gasteiger partial charge in [0.1, 0.15) is 29.5 Å². The van der Waals surface area contributed by atoms with Crippen molar-refractivity contribution in [3.8, 4) is 17.2 Å². The summed E-state index contributed by atoms with van der Waals surface area (Å²) in [5, 5.41) is 13.0. The number of carbonyl (C=O) groups is 3. The molecule has 3 saturated carbocycles. The molecule has 5 fully saturated rings. The molecule has 5 aliphatic heterocycles. The van der Waals surface area contributed by atoms with Crippen molar-refractivity contribution in [3.63, 3.8) is 0 Å². The fourth-order valence-electron chi connectivity index (χ4n) is 14.0. The zero-order valence-corrected chi connectivity index (χ0v) is 40.2. The van der Waals surface area contributed by atoms with E-state index in [1.165, 1.54) is 12.7 Å². The Morgan fingerprint density at radius 3 is 2.47 bits per heavy atom. The van der Waals surface area contributed by atoms with E-state index >= 15 is 9.59 Å². The molecular formula is C55H66N2O9. The van der Waals surface area contributed by atoms with Crippen LogP contribution in [0.3, 0.4) is 0 Å². The Balaban J connectivity index is 1.32. The average Bonchev–Trinajstić information content (AvgIpc) is 3.88. The molecule has 5 heterocycles. The highest BCUT2D eigenvalue weighted by Crippen LogP contribution is 2.80. The van der Waals surface area contributed by atoms with E-state index in [1.807, 2.05) is 24.3 Å². The SMILES string of the molecule is COC(=O)/C(C)=C\CC12OC(C)(C)C3CC(C1=O)C1C4=C(c5ccccc5C4=O)N4CCCC45c4c(OCCNCCO)c6c(c(CC=C(C)C)c4OC32C15)OC(C)(CCC=C(C)C)C=C6. The fourth-order valence-corrected chi connectivity index (χ4v) is 14.0. The number of fused-ring (bicyclic) bond motifs is 5. The number of ketones is 2. The van der Waals surface area contributed by atoms with Crippen molar-refractivity contribution in [2.75, 3.05) is 40.0 Å². The number of aliphatic hydroxyl groups excluding tert-OH is 1. The predicted octanol–water partition coefficient (Wildman–Crippen LogP) is 8.62. The van der Waals surface area contributed by atoms with Crippen molar-refractivity contribution in [1.29, 1.82) is 0 Å². The number of nitrogens with zero attached hydrogens (tertiary/aromatic N) is 1. The molecule has 4 aliphatic carbocycles. The fraction of sp³-hybridized carbons (Fsp3) is 0.545. The monoisotopic (exact) mass is 898 g/mol. The van der Waals surface area contributed by atoms with Gasteiger partial charge in [-0.3, -0.25) is 9.59 Å². The second-order valence-electron chi connectivity index (χ2n) is 21.2. The van der Waals surface area contributed by atoms with Crippen molar-refractivity contribution in [3.05, 3.63) is 98.7 Å². The Kier molecular flexibility index (Phi) is 10.7. The van der Waals surface area contributed by atoms with Crippen molar-refractivity contribution < 1.29 is 43.2 Å². The van der Waals surface area contributed by atoms with E-state index < -0.39 is 51.7 Å². The van der Waals surface area contributed by atoms with Gasteiger partial charge in [0.15, 0.2) is 22.8 Å². The maximum atomic E-state index is 16.1. The molecule has 2 saturated heterocycles. The highest BCUT2D eigenvalue weighted by molar-refractivity contribution is 6.22. The summed E-state index contributed by atoms with van der Waals surface area (Å²) < 4.78 is 35.4. The largest absolute Gasteiger partial charge is 0.491 e. The van der Waals surface area contributed by atoms with Crippen LogP contribution in [0, 0.1) is 23.7 Å². The van der Waals surface area contributed by atoms with Crippen LogP contribution in [0.1, 0.15) is 127 Å². The standard InChI is InChI=1S/C55H66N2O9/c1-31(2)14-12-21-52(8)23-20-37-45(64-52)36(18-17-32(3)4)47-42(46(37)63-29-26-56-25-28-58)53-22-13-27-57(53)43-34-15-10-11-16-35(34)44(59)41(43)40-38-30-39-51(6,7)66-54(49(38)60,55(39,65-47)48(40)53)24-19-33(5)50(61)62-9/h10-11,14-17,19-20,23,38-40,48,56,58H,12-13,18,21-22,24-30H2,1-9H3/b33-19-. The minimum Gasteiger partial charge on any atom is -0.491 e. The van der Waals surface area contributed by atoms with Gasteiger partial charge in [-0.1, -0.05) is 53.6 Å². The third-order valence-electron chi connectivity index (χ3n) is 16.4. The first-order valence-electron chi connectivity index (χ1n) is 24.2. The normalized spacial score (nSPS) is 32.1. The summed E-state index contributed by atoms with van der Waals surface area (Å²) in [5.41, 5.74) is 3.62. The molecule has 350 valence electrons. The van der Waals surface area contributed by atoms with Crippen LogP contribution in [0.5, 0.6) is 17.2 Å². The third kappa shape index (κ3) is 6.07. The van der Waals surface area contributed by atoms with Crippen LogP contribution in [-0.4, -0.2) is 89.9 Å². The van der Waals surface area contributed by atoms with E-state index in [1.54, 1.807) is 6.92 Å². The lowest BCUT2D eigenvalue weighted by Crippen LogP contribution is -2.82. The number of benzene rings is 2. The van der Waals surface area contributed by atoms with E-state index in [0.717, 1.165) is 64.8 Å². The van der Waals surface area contributed by atoms with Gasteiger partial charge in [0.05, 0.1) is 41.7 Å². The van der Waals surface area contributed by atoms with Gasteiger partial charge in [0.2, 0.25) is 0 Å². The lowest BCUT2D eigenvalue weighted by molar-refractivity contribution is -0.243. The summed E-state index contributed by atoms with van der Waals surface area (Å²) >= 11 is 0. The zero-order valence-electron chi connectivity index (χ0n) is 40.2. The van der Waals surface area contributed by atoms with Gasteiger partial charge in [-0.2, -0.15) is 0 Å². The smallest absolute Gasteiger partial charge is 0.333 e. The second-order valence-corrected chi connectivity index (χ2v) is 21.2. The summed E-state index contributed by atoms with van der Waals surface area (Å²) in [6, 6.07) is 7.94. The molecule has 0 radical (unpaired) electrons. The van der Waals surface area contributed by atoms with Gasteiger partial charge >= 0.3 is 5.97 Å². The quantitative estimate of drug-likeness (QED) is 0.0818. The average molecular weight is 899 g/mol. The first kappa shape index (κ1) is 44.8. The number of Topliss-reactive ketones (excluding diaryl/α,β-unsaturated/α-hetero) is 2. The van der Waals surface area contributed by atoms with Gasteiger partial charge in [-0.15, -0.1) is 0 Å². The van der Waals surface area contributed by atoms with Crippen LogP contribution >= 0.6 is 0 Å². The Hall–Kier alpha value is -4.97. The van der Waals surface area contributed by atoms with E-state index in [9.17, 15) is 9.90 Å². The number of methoxy groups -OCH3 is 1. The topological polar surface area (TPSA) is 133 Å².